The van der Waals surface area contributed by atoms with E-state index in [0.717, 1.165) is 5.69 Å². The summed E-state index contributed by atoms with van der Waals surface area (Å²) in [4.78, 5) is 0. The van der Waals surface area contributed by atoms with Crippen LogP contribution in [0, 0.1) is 0 Å². The standard InChI is InChI=1S/C9H13ClN2/c10-6-8-5-9(12-11-8)7-3-1-2-4-7/h5,7H,1-4,6H2,(H,11,12). The van der Waals surface area contributed by atoms with E-state index in [9.17, 15) is 0 Å². The molecule has 1 aromatic rings. The first-order valence-electron chi connectivity index (χ1n) is 4.50. The maximum atomic E-state index is 5.68. The molecule has 0 atom stereocenters. The molecule has 1 aliphatic rings. The summed E-state index contributed by atoms with van der Waals surface area (Å²) < 4.78 is 0. The summed E-state index contributed by atoms with van der Waals surface area (Å²) in [5.74, 6) is 1.23. The third-order valence-corrected chi connectivity index (χ3v) is 2.86. The van der Waals surface area contributed by atoms with E-state index >= 15 is 0 Å². The highest BCUT2D eigenvalue weighted by Crippen LogP contribution is 2.33. The first-order chi connectivity index (χ1) is 5.90. The summed E-state index contributed by atoms with van der Waals surface area (Å²) in [5.41, 5.74) is 2.25. The van der Waals surface area contributed by atoms with Gasteiger partial charge >= 0.3 is 0 Å². The summed E-state index contributed by atoms with van der Waals surface area (Å²) in [7, 11) is 0. The van der Waals surface area contributed by atoms with Crippen LogP contribution >= 0.6 is 11.6 Å². The zero-order chi connectivity index (χ0) is 8.39. The highest BCUT2D eigenvalue weighted by Gasteiger charge is 2.19. The van der Waals surface area contributed by atoms with Crippen LogP contribution in [0.25, 0.3) is 0 Å². The molecule has 2 rings (SSSR count). The molecule has 0 bridgehead atoms. The monoisotopic (exact) mass is 184 g/mol. The predicted octanol–water partition coefficient (Wildman–Crippen LogP) is 2.81. The lowest BCUT2D eigenvalue weighted by atomic mass is 10.0. The third kappa shape index (κ3) is 1.48. The molecular weight excluding hydrogens is 172 g/mol. The van der Waals surface area contributed by atoms with Gasteiger partial charge in [-0.15, -0.1) is 11.6 Å². The highest BCUT2D eigenvalue weighted by atomic mass is 35.5. The molecule has 2 nitrogen and oxygen atoms in total. The second-order valence-corrected chi connectivity index (χ2v) is 3.70. The van der Waals surface area contributed by atoms with Gasteiger partial charge in [-0.3, -0.25) is 5.10 Å². The molecule has 1 aliphatic carbocycles. The summed E-state index contributed by atoms with van der Waals surface area (Å²) in [5, 5.41) is 7.21. The summed E-state index contributed by atoms with van der Waals surface area (Å²) in [6, 6.07) is 2.10. The molecule has 3 heteroatoms. The zero-order valence-electron chi connectivity index (χ0n) is 7.02. The van der Waals surface area contributed by atoms with Gasteiger partial charge in [-0.05, 0) is 18.9 Å². The average molecular weight is 185 g/mol. The SMILES string of the molecule is ClCc1cc(C2CCCC2)n[nH]1. The first-order valence-corrected chi connectivity index (χ1v) is 5.04. The van der Waals surface area contributed by atoms with Crippen LogP contribution in [-0.4, -0.2) is 10.2 Å². The maximum absolute atomic E-state index is 5.68. The van der Waals surface area contributed by atoms with Crippen LogP contribution in [0.2, 0.25) is 0 Å². The number of hydrogen-bond donors (Lipinski definition) is 1. The van der Waals surface area contributed by atoms with E-state index in [1.54, 1.807) is 0 Å². The van der Waals surface area contributed by atoms with E-state index in [4.69, 9.17) is 11.6 Å². The van der Waals surface area contributed by atoms with Crippen molar-refractivity contribution in [3.05, 3.63) is 17.5 Å². The fraction of sp³-hybridized carbons (Fsp3) is 0.667. The number of halogens is 1. The van der Waals surface area contributed by atoms with Crippen molar-refractivity contribution in [2.75, 3.05) is 0 Å². The molecule has 66 valence electrons. The Labute approximate surface area is 77.3 Å². The highest BCUT2D eigenvalue weighted by molar-refractivity contribution is 6.16. The Morgan fingerprint density at radius 2 is 2.25 bits per heavy atom. The zero-order valence-corrected chi connectivity index (χ0v) is 7.77. The van der Waals surface area contributed by atoms with Gasteiger partial charge in [-0.25, -0.2) is 0 Å². The molecule has 0 saturated heterocycles. The summed E-state index contributed by atoms with van der Waals surface area (Å²) in [6.07, 6.45) is 5.31. The van der Waals surface area contributed by atoms with Crippen LogP contribution < -0.4 is 0 Å². The molecule has 1 saturated carbocycles. The van der Waals surface area contributed by atoms with E-state index in [2.05, 4.69) is 16.3 Å². The minimum atomic E-state index is 0.541. The van der Waals surface area contributed by atoms with Crippen molar-refractivity contribution in [1.29, 1.82) is 0 Å². The first kappa shape index (κ1) is 8.11. The largest absolute Gasteiger partial charge is 0.281 e. The molecule has 0 aliphatic heterocycles. The van der Waals surface area contributed by atoms with E-state index in [-0.39, 0.29) is 0 Å². The second kappa shape index (κ2) is 3.48. The van der Waals surface area contributed by atoms with Crippen LogP contribution in [-0.2, 0) is 5.88 Å². The third-order valence-electron chi connectivity index (χ3n) is 2.57. The van der Waals surface area contributed by atoms with Crippen LogP contribution in [0.4, 0.5) is 0 Å². The number of nitrogens with zero attached hydrogens (tertiary/aromatic N) is 1. The van der Waals surface area contributed by atoms with Crippen molar-refractivity contribution in [1.82, 2.24) is 10.2 Å². The minimum Gasteiger partial charge on any atom is -0.281 e. The van der Waals surface area contributed by atoms with Gasteiger partial charge in [0.05, 0.1) is 17.3 Å². The van der Waals surface area contributed by atoms with Gasteiger partial charge in [0.2, 0.25) is 0 Å². The van der Waals surface area contributed by atoms with Gasteiger partial charge in [0.25, 0.3) is 0 Å². The van der Waals surface area contributed by atoms with Crippen LogP contribution in [0.5, 0.6) is 0 Å². The maximum Gasteiger partial charge on any atom is 0.0656 e. The number of nitrogens with one attached hydrogen (secondary N) is 1. The molecule has 0 radical (unpaired) electrons. The average Bonchev–Trinajstić information content (AvgIpc) is 2.75. The molecule has 1 N–H and O–H groups in total. The molecule has 0 unspecified atom stereocenters. The van der Waals surface area contributed by atoms with Gasteiger partial charge in [-0.2, -0.15) is 5.10 Å². The van der Waals surface area contributed by atoms with Crippen LogP contribution in [0.15, 0.2) is 6.07 Å². The van der Waals surface area contributed by atoms with E-state index in [0.29, 0.717) is 11.8 Å². The molecular formula is C9H13ClN2. The van der Waals surface area contributed by atoms with Gasteiger partial charge < -0.3 is 0 Å². The Bertz CT molecular complexity index is 251. The van der Waals surface area contributed by atoms with Crippen molar-refractivity contribution in [3.63, 3.8) is 0 Å². The lowest BCUT2D eigenvalue weighted by Crippen LogP contribution is -1.91. The van der Waals surface area contributed by atoms with Gasteiger partial charge in [0.15, 0.2) is 0 Å². The molecule has 0 amide bonds. The molecule has 0 aromatic carbocycles. The van der Waals surface area contributed by atoms with Crippen molar-refractivity contribution in [2.24, 2.45) is 0 Å². The summed E-state index contributed by atoms with van der Waals surface area (Å²) >= 11 is 5.68. The molecule has 1 fully saturated rings. The molecule has 1 aromatic heterocycles. The Morgan fingerprint density at radius 1 is 1.50 bits per heavy atom. The quantitative estimate of drug-likeness (QED) is 0.704. The Balaban J connectivity index is 2.11. The van der Waals surface area contributed by atoms with E-state index < -0.39 is 0 Å². The van der Waals surface area contributed by atoms with Gasteiger partial charge in [0, 0.05) is 5.92 Å². The molecule has 0 spiro atoms. The fourth-order valence-corrected chi connectivity index (χ4v) is 2.02. The number of H-pyrrole nitrogens is 1. The van der Waals surface area contributed by atoms with Crippen molar-refractivity contribution >= 4 is 11.6 Å². The van der Waals surface area contributed by atoms with E-state index in [1.807, 2.05) is 0 Å². The van der Waals surface area contributed by atoms with Gasteiger partial charge in [-0.1, -0.05) is 12.8 Å². The lowest BCUT2D eigenvalue weighted by molar-refractivity contribution is 0.693. The normalized spacial score (nSPS) is 18.8. The number of alkyl halides is 1. The molecule has 12 heavy (non-hydrogen) atoms. The number of aromatic amines is 1. The summed E-state index contributed by atoms with van der Waals surface area (Å²) in [6.45, 7) is 0. The predicted molar refractivity (Wildman–Crippen MR) is 49.4 cm³/mol. The van der Waals surface area contributed by atoms with Crippen LogP contribution in [0.3, 0.4) is 0 Å². The second-order valence-electron chi connectivity index (χ2n) is 3.43. The fourth-order valence-electron chi connectivity index (χ4n) is 1.88. The van der Waals surface area contributed by atoms with Crippen LogP contribution in [0.1, 0.15) is 43.0 Å². The van der Waals surface area contributed by atoms with Crippen molar-refractivity contribution in [2.45, 2.75) is 37.5 Å². The lowest BCUT2D eigenvalue weighted by Gasteiger charge is -2.01. The molecule has 1 heterocycles. The smallest absolute Gasteiger partial charge is 0.0656 e. The van der Waals surface area contributed by atoms with E-state index in [1.165, 1.54) is 31.4 Å². The van der Waals surface area contributed by atoms with Crippen molar-refractivity contribution < 1.29 is 0 Å². The van der Waals surface area contributed by atoms with Crippen molar-refractivity contribution in [3.8, 4) is 0 Å². The Kier molecular flexibility index (Phi) is 2.35. The topological polar surface area (TPSA) is 28.7 Å². The Morgan fingerprint density at radius 3 is 2.83 bits per heavy atom. The Hall–Kier alpha value is -0.500. The number of hydrogen-bond acceptors (Lipinski definition) is 1. The minimum absolute atomic E-state index is 0.541. The number of rotatable bonds is 2. The van der Waals surface area contributed by atoms with Gasteiger partial charge in [0.1, 0.15) is 0 Å². The number of aromatic nitrogens is 2.